The first-order valence-corrected chi connectivity index (χ1v) is 12.3. The molecule has 0 aromatic carbocycles. The van der Waals surface area contributed by atoms with E-state index in [9.17, 15) is 9.90 Å². The Bertz CT molecular complexity index is 625. The zero-order valence-electron chi connectivity index (χ0n) is 19.4. The van der Waals surface area contributed by atoms with Crippen LogP contribution in [0.2, 0.25) is 0 Å². The maximum Gasteiger partial charge on any atom is 0.303 e. The van der Waals surface area contributed by atoms with Crippen LogP contribution < -0.4 is 0 Å². The standard InChI is InChI=1S/C24H38O3.C2H6/c1-15(4-9-22(26)27)19-7-8-20-18-6-5-16-14-17(25)10-12-23(16,2)21(18)11-13-24(19,20)3;1-2/h5,15,17-21,25H,4,6-14H2,1-3H3,(H,26,27);1-2H3/t15-,17+,18?,19-,20?,21?,23+,24-;/m1./s1. The van der Waals surface area contributed by atoms with Gasteiger partial charge in [-0.05, 0) is 98.2 Å². The lowest BCUT2D eigenvalue weighted by Gasteiger charge is -2.58. The van der Waals surface area contributed by atoms with Gasteiger partial charge in [0.25, 0.3) is 0 Å². The molecule has 0 aromatic heterocycles. The van der Waals surface area contributed by atoms with Crippen molar-refractivity contribution in [3.8, 4) is 0 Å². The lowest BCUT2D eigenvalue weighted by atomic mass is 9.47. The summed E-state index contributed by atoms with van der Waals surface area (Å²) in [5, 5.41) is 19.2. The fraction of sp³-hybridized carbons (Fsp3) is 0.885. The van der Waals surface area contributed by atoms with Gasteiger partial charge >= 0.3 is 5.97 Å². The fourth-order valence-electron chi connectivity index (χ4n) is 8.17. The number of aliphatic hydroxyl groups excluding tert-OH is 1. The highest BCUT2D eigenvalue weighted by molar-refractivity contribution is 5.66. The summed E-state index contributed by atoms with van der Waals surface area (Å²) in [7, 11) is 0. The Kier molecular flexibility index (Phi) is 6.88. The molecule has 0 saturated heterocycles. The molecule has 0 amide bonds. The predicted octanol–water partition coefficient (Wildman–Crippen LogP) is 6.45. The molecular formula is C26H44O3. The molecule has 3 fully saturated rings. The van der Waals surface area contributed by atoms with Crippen molar-refractivity contribution in [3.63, 3.8) is 0 Å². The van der Waals surface area contributed by atoms with E-state index in [-0.39, 0.29) is 6.10 Å². The molecule has 0 heterocycles. The average molecular weight is 405 g/mol. The third-order valence-corrected chi connectivity index (χ3v) is 9.65. The molecule has 3 unspecified atom stereocenters. The highest BCUT2D eigenvalue weighted by Crippen LogP contribution is 2.67. The molecule has 4 aliphatic rings. The quantitative estimate of drug-likeness (QED) is 0.529. The summed E-state index contributed by atoms with van der Waals surface area (Å²) >= 11 is 0. The summed E-state index contributed by atoms with van der Waals surface area (Å²) in [4.78, 5) is 11.0. The molecule has 3 saturated carbocycles. The van der Waals surface area contributed by atoms with Crippen molar-refractivity contribution in [3.05, 3.63) is 11.6 Å². The summed E-state index contributed by atoms with van der Waals surface area (Å²) in [5.74, 6) is 2.94. The number of aliphatic carboxylic acids is 1. The molecule has 3 heteroatoms. The van der Waals surface area contributed by atoms with Crippen molar-refractivity contribution in [2.24, 2.45) is 40.4 Å². The fourth-order valence-corrected chi connectivity index (χ4v) is 8.17. The number of hydrogen-bond donors (Lipinski definition) is 2. The molecule has 8 atom stereocenters. The van der Waals surface area contributed by atoms with Crippen molar-refractivity contribution in [1.82, 2.24) is 0 Å². The van der Waals surface area contributed by atoms with Crippen LogP contribution in [0.15, 0.2) is 11.6 Å². The molecule has 0 spiro atoms. The van der Waals surface area contributed by atoms with E-state index in [1.54, 1.807) is 5.57 Å². The van der Waals surface area contributed by atoms with Crippen LogP contribution in [0.25, 0.3) is 0 Å². The van der Waals surface area contributed by atoms with Crippen LogP contribution in [0.4, 0.5) is 0 Å². The number of allylic oxidation sites excluding steroid dienone is 1. The van der Waals surface area contributed by atoms with E-state index < -0.39 is 5.97 Å². The van der Waals surface area contributed by atoms with E-state index in [0.29, 0.717) is 29.1 Å². The van der Waals surface area contributed by atoms with Crippen molar-refractivity contribution >= 4 is 5.97 Å². The van der Waals surface area contributed by atoms with Gasteiger partial charge in [-0.1, -0.05) is 46.3 Å². The zero-order valence-corrected chi connectivity index (χ0v) is 19.4. The largest absolute Gasteiger partial charge is 0.481 e. The Labute approximate surface area is 178 Å². The highest BCUT2D eigenvalue weighted by Gasteiger charge is 2.59. The lowest BCUT2D eigenvalue weighted by Crippen LogP contribution is -2.50. The summed E-state index contributed by atoms with van der Waals surface area (Å²) in [5.41, 5.74) is 2.27. The van der Waals surface area contributed by atoms with E-state index >= 15 is 0 Å². The van der Waals surface area contributed by atoms with Crippen LogP contribution >= 0.6 is 0 Å². The van der Waals surface area contributed by atoms with Gasteiger partial charge in [0.15, 0.2) is 0 Å². The maximum atomic E-state index is 11.0. The Morgan fingerprint density at radius 1 is 1.14 bits per heavy atom. The molecule has 0 bridgehead atoms. The van der Waals surface area contributed by atoms with Gasteiger partial charge in [0.05, 0.1) is 6.10 Å². The van der Waals surface area contributed by atoms with Crippen LogP contribution in [0.5, 0.6) is 0 Å². The van der Waals surface area contributed by atoms with Crippen LogP contribution in [0, 0.1) is 40.4 Å². The van der Waals surface area contributed by atoms with Crippen LogP contribution in [-0.2, 0) is 4.79 Å². The summed E-state index contributed by atoms with van der Waals surface area (Å²) < 4.78 is 0. The minimum atomic E-state index is -0.650. The third kappa shape index (κ3) is 3.93. The van der Waals surface area contributed by atoms with Gasteiger partial charge in [0, 0.05) is 6.42 Å². The first kappa shape index (κ1) is 22.8. The summed E-state index contributed by atoms with van der Waals surface area (Å²) in [6, 6.07) is 0. The first-order valence-electron chi connectivity index (χ1n) is 12.3. The van der Waals surface area contributed by atoms with Gasteiger partial charge in [0.2, 0.25) is 0 Å². The van der Waals surface area contributed by atoms with Gasteiger partial charge in [-0.2, -0.15) is 0 Å². The van der Waals surface area contributed by atoms with E-state index in [4.69, 9.17) is 5.11 Å². The minimum Gasteiger partial charge on any atom is -0.481 e. The smallest absolute Gasteiger partial charge is 0.303 e. The highest BCUT2D eigenvalue weighted by atomic mass is 16.4. The SMILES string of the molecule is CC.C[C@H](CCC(=O)O)[C@H]1CCC2C3CC=C4C[C@@H](O)CC[C@]4(C)C3CC[C@@]21C. The summed E-state index contributed by atoms with van der Waals surface area (Å²) in [6.07, 6.45) is 13.0. The van der Waals surface area contributed by atoms with Crippen molar-refractivity contribution < 1.29 is 15.0 Å². The molecule has 4 aliphatic carbocycles. The monoisotopic (exact) mass is 404 g/mol. The normalized spacial score (nSPS) is 44.3. The molecule has 2 N–H and O–H groups in total. The predicted molar refractivity (Wildman–Crippen MR) is 119 cm³/mol. The van der Waals surface area contributed by atoms with Crippen LogP contribution in [0.1, 0.15) is 98.8 Å². The number of fused-ring (bicyclic) bond motifs is 5. The van der Waals surface area contributed by atoms with Gasteiger partial charge in [-0.3, -0.25) is 4.79 Å². The number of rotatable bonds is 4. The van der Waals surface area contributed by atoms with E-state index in [1.165, 1.54) is 32.1 Å². The molecule has 166 valence electrons. The van der Waals surface area contributed by atoms with Gasteiger partial charge < -0.3 is 10.2 Å². The number of hydrogen-bond acceptors (Lipinski definition) is 2. The zero-order chi connectivity index (χ0) is 21.4. The van der Waals surface area contributed by atoms with E-state index in [0.717, 1.165) is 43.4 Å². The maximum absolute atomic E-state index is 11.0. The topological polar surface area (TPSA) is 57.5 Å². The Morgan fingerprint density at radius 3 is 2.55 bits per heavy atom. The molecule has 0 radical (unpaired) electrons. The molecule has 29 heavy (non-hydrogen) atoms. The molecule has 0 aliphatic heterocycles. The van der Waals surface area contributed by atoms with Crippen molar-refractivity contribution in [1.29, 1.82) is 0 Å². The van der Waals surface area contributed by atoms with E-state index in [2.05, 4.69) is 26.8 Å². The van der Waals surface area contributed by atoms with Gasteiger partial charge in [-0.15, -0.1) is 0 Å². The van der Waals surface area contributed by atoms with Crippen LogP contribution in [-0.4, -0.2) is 22.3 Å². The van der Waals surface area contributed by atoms with E-state index in [1.807, 2.05) is 13.8 Å². The molecular weight excluding hydrogens is 360 g/mol. The third-order valence-electron chi connectivity index (χ3n) is 9.65. The second-order valence-corrected chi connectivity index (χ2v) is 10.8. The van der Waals surface area contributed by atoms with Crippen molar-refractivity contribution in [2.45, 2.75) is 105 Å². The second kappa shape index (κ2) is 8.73. The Hall–Kier alpha value is -0.830. The number of carboxylic acid groups (broad SMARTS) is 1. The second-order valence-electron chi connectivity index (χ2n) is 10.8. The Balaban J connectivity index is 0.00000117. The number of aliphatic hydroxyl groups is 1. The average Bonchev–Trinajstić information content (AvgIpc) is 3.05. The van der Waals surface area contributed by atoms with Gasteiger partial charge in [-0.25, -0.2) is 0 Å². The Morgan fingerprint density at radius 2 is 1.86 bits per heavy atom. The lowest BCUT2D eigenvalue weighted by molar-refractivity contribution is -0.137. The molecule has 0 aromatic rings. The number of carbonyl (C=O) groups is 1. The molecule has 3 nitrogen and oxygen atoms in total. The number of carboxylic acids is 1. The first-order chi connectivity index (χ1) is 13.8. The summed E-state index contributed by atoms with van der Waals surface area (Å²) in [6.45, 7) is 11.3. The van der Waals surface area contributed by atoms with Crippen molar-refractivity contribution in [2.75, 3.05) is 0 Å². The van der Waals surface area contributed by atoms with Crippen LogP contribution in [0.3, 0.4) is 0 Å². The van der Waals surface area contributed by atoms with Gasteiger partial charge in [0.1, 0.15) is 0 Å². The minimum absolute atomic E-state index is 0.124. The molecule has 4 rings (SSSR count).